The molecule has 1 amide bonds. The van der Waals surface area contributed by atoms with E-state index in [-0.39, 0.29) is 5.91 Å². The minimum Gasteiger partial charge on any atom is -0.381 e. The first-order chi connectivity index (χ1) is 9.24. The molecule has 2 aliphatic rings. The monoisotopic (exact) mass is 276 g/mol. The zero-order chi connectivity index (χ0) is 13.2. The normalized spacial score (nSPS) is 27.0. The third-order valence-corrected chi connectivity index (χ3v) is 5.29. The summed E-state index contributed by atoms with van der Waals surface area (Å²) in [5.41, 5.74) is 2.17. The smallest absolute Gasteiger partial charge is 0.227 e. The number of nitrogens with zero attached hydrogens (tertiary/aromatic N) is 1. The Labute approximate surface area is 118 Å². The molecule has 2 saturated heterocycles. The van der Waals surface area contributed by atoms with Gasteiger partial charge in [-0.15, -0.1) is 0 Å². The van der Waals surface area contributed by atoms with Crippen molar-refractivity contribution in [1.29, 1.82) is 0 Å². The average Bonchev–Trinajstić information content (AvgIpc) is 3.00. The number of carbonyl (C=O) groups excluding carboxylic acids is 1. The van der Waals surface area contributed by atoms with E-state index in [9.17, 15) is 4.79 Å². The standard InChI is InChI=1S/C15H20N2OS/c1-11-14(7-9-19-11)16-12-4-2-5-13(10-12)17-8-3-6-15(17)18/h2,4-5,10-11,14,16H,3,6-9H2,1H3. The van der Waals surface area contributed by atoms with E-state index < -0.39 is 0 Å². The highest BCUT2D eigenvalue weighted by atomic mass is 32.2. The first-order valence-electron chi connectivity index (χ1n) is 7.02. The summed E-state index contributed by atoms with van der Waals surface area (Å²) < 4.78 is 0. The zero-order valence-corrected chi connectivity index (χ0v) is 12.1. The molecule has 102 valence electrons. The summed E-state index contributed by atoms with van der Waals surface area (Å²) >= 11 is 2.03. The highest BCUT2D eigenvalue weighted by Crippen LogP contribution is 2.30. The van der Waals surface area contributed by atoms with Gasteiger partial charge in [-0.2, -0.15) is 11.8 Å². The van der Waals surface area contributed by atoms with Crippen molar-refractivity contribution in [2.75, 3.05) is 22.5 Å². The summed E-state index contributed by atoms with van der Waals surface area (Å²) in [4.78, 5) is 13.7. The van der Waals surface area contributed by atoms with Gasteiger partial charge in [0.05, 0.1) is 0 Å². The molecule has 0 saturated carbocycles. The number of amides is 1. The molecule has 2 fully saturated rings. The van der Waals surface area contributed by atoms with Gasteiger partial charge in [-0.3, -0.25) is 4.79 Å². The summed E-state index contributed by atoms with van der Waals surface area (Å²) in [5, 5.41) is 4.27. The fourth-order valence-electron chi connectivity index (χ4n) is 2.82. The minimum absolute atomic E-state index is 0.252. The Morgan fingerprint density at radius 2 is 2.32 bits per heavy atom. The van der Waals surface area contributed by atoms with E-state index in [1.165, 1.54) is 12.2 Å². The van der Waals surface area contributed by atoms with Crippen molar-refractivity contribution in [2.45, 2.75) is 37.5 Å². The fourth-order valence-corrected chi connectivity index (χ4v) is 4.02. The fraction of sp³-hybridized carbons (Fsp3) is 0.533. The van der Waals surface area contributed by atoms with Crippen LogP contribution >= 0.6 is 11.8 Å². The quantitative estimate of drug-likeness (QED) is 0.920. The van der Waals surface area contributed by atoms with Crippen LogP contribution in [0.15, 0.2) is 24.3 Å². The number of anilines is 2. The lowest BCUT2D eigenvalue weighted by Gasteiger charge is -2.20. The van der Waals surface area contributed by atoms with Gasteiger partial charge in [0.1, 0.15) is 0 Å². The van der Waals surface area contributed by atoms with Crippen molar-refractivity contribution < 1.29 is 4.79 Å². The van der Waals surface area contributed by atoms with E-state index in [1.54, 1.807) is 0 Å². The summed E-state index contributed by atoms with van der Waals surface area (Å²) in [6.45, 7) is 3.14. The molecule has 0 aromatic heterocycles. The second-order valence-corrected chi connectivity index (χ2v) is 6.80. The molecular formula is C15H20N2OS. The maximum absolute atomic E-state index is 11.8. The molecular weight excluding hydrogens is 256 g/mol. The van der Waals surface area contributed by atoms with Crippen molar-refractivity contribution in [3.8, 4) is 0 Å². The van der Waals surface area contributed by atoms with E-state index in [0.717, 1.165) is 24.3 Å². The van der Waals surface area contributed by atoms with Gasteiger partial charge in [-0.1, -0.05) is 13.0 Å². The van der Waals surface area contributed by atoms with Crippen LogP contribution in [0.25, 0.3) is 0 Å². The number of hydrogen-bond acceptors (Lipinski definition) is 3. The number of rotatable bonds is 3. The van der Waals surface area contributed by atoms with Crippen LogP contribution in [0.4, 0.5) is 11.4 Å². The van der Waals surface area contributed by atoms with Crippen molar-refractivity contribution in [3.63, 3.8) is 0 Å². The predicted octanol–water partition coefficient (Wildman–Crippen LogP) is 3.12. The molecule has 2 heterocycles. The molecule has 3 nitrogen and oxygen atoms in total. The highest BCUT2D eigenvalue weighted by Gasteiger charge is 2.25. The lowest BCUT2D eigenvalue weighted by atomic mass is 10.1. The Bertz CT molecular complexity index is 477. The van der Waals surface area contributed by atoms with Gasteiger partial charge in [-0.05, 0) is 36.8 Å². The average molecular weight is 276 g/mol. The molecule has 2 atom stereocenters. The molecule has 0 aliphatic carbocycles. The Morgan fingerprint density at radius 1 is 1.42 bits per heavy atom. The first kappa shape index (κ1) is 12.9. The minimum atomic E-state index is 0.252. The molecule has 1 N–H and O–H groups in total. The maximum Gasteiger partial charge on any atom is 0.227 e. The molecule has 3 rings (SSSR count). The summed E-state index contributed by atoms with van der Waals surface area (Å²) in [6.07, 6.45) is 2.89. The highest BCUT2D eigenvalue weighted by molar-refractivity contribution is 8.00. The number of hydrogen-bond donors (Lipinski definition) is 1. The molecule has 0 radical (unpaired) electrons. The van der Waals surface area contributed by atoms with Gasteiger partial charge < -0.3 is 10.2 Å². The van der Waals surface area contributed by atoms with Crippen LogP contribution in [0, 0.1) is 0 Å². The number of nitrogens with one attached hydrogen (secondary N) is 1. The third kappa shape index (κ3) is 2.73. The van der Waals surface area contributed by atoms with Crippen LogP contribution in [0.1, 0.15) is 26.2 Å². The molecule has 1 aromatic rings. The van der Waals surface area contributed by atoms with Gasteiger partial charge in [0.15, 0.2) is 0 Å². The molecule has 2 aliphatic heterocycles. The Hall–Kier alpha value is -1.16. The van der Waals surface area contributed by atoms with Crippen LogP contribution in [0.2, 0.25) is 0 Å². The van der Waals surface area contributed by atoms with E-state index >= 15 is 0 Å². The van der Waals surface area contributed by atoms with Crippen LogP contribution < -0.4 is 10.2 Å². The zero-order valence-electron chi connectivity index (χ0n) is 11.3. The number of benzene rings is 1. The van der Waals surface area contributed by atoms with E-state index in [2.05, 4.69) is 24.4 Å². The van der Waals surface area contributed by atoms with Crippen molar-refractivity contribution in [2.24, 2.45) is 0 Å². The molecule has 0 spiro atoms. The van der Waals surface area contributed by atoms with Gasteiger partial charge in [-0.25, -0.2) is 0 Å². The third-order valence-electron chi connectivity index (χ3n) is 3.96. The summed E-state index contributed by atoms with van der Waals surface area (Å²) in [7, 11) is 0. The molecule has 4 heteroatoms. The second-order valence-electron chi connectivity index (χ2n) is 5.31. The lowest BCUT2D eigenvalue weighted by molar-refractivity contribution is -0.117. The largest absolute Gasteiger partial charge is 0.381 e. The number of thioether (sulfide) groups is 1. The molecule has 1 aromatic carbocycles. The van der Waals surface area contributed by atoms with Crippen molar-refractivity contribution >= 4 is 29.0 Å². The Morgan fingerprint density at radius 3 is 3.00 bits per heavy atom. The SMILES string of the molecule is CC1SCCC1Nc1cccc(N2CCCC2=O)c1. The van der Waals surface area contributed by atoms with Gasteiger partial charge >= 0.3 is 0 Å². The maximum atomic E-state index is 11.8. The lowest BCUT2D eigenvalue weighted by Crippen LogP contribution is -2.26. The first-order valence-corrected chi connectivity index (χ1v) is 8.07. The van der Waals surface area contributed by atoms with Gasteiger partial charge in [0, 0.05) is 35.6 Å². The summed E-state index contributed by atoms with van der Waals surface area (Å²) in [6, 6.07) is 8.82. The second kappa shape index (κ2) is 5.45. The van der Waals surface area contributed by atoms with Crippen LogP contribution in [-0.4, -0.2) is 29.5 Å². The molecule has 0 bridgehead atoms. The van der Waals surface area contributed by atoms with Gasteiger partial charge in [0.25, 0.3) is 0 Å². The topological polar surface area (TPSA) is 32.3 Å². The Balaban J connectivity index is 1.74. The Kier molecular flexibility index (Phi) is 3.69. The van der Waals surface area contributed by atoms with Gasteiger partial charge in [0.2, 0.25) is 5.91 Å². The van der Waals surface area contributed by atoms with Crippen LogP contribution in [-0.2, 0) is 4.79 Å². The van der Waals surface area contributed by atoms with E-state index in [4.69, 9.17) is 0 Å². The van der Waals surface area contributed by atoms with Crippen molar-refractivity contribution in [1.82, 2.24) is 0 Å². The van der Waals surface area contributed by atoms with Crippen LogP contribution in [0.3, 0.4) is 0 Å². The van der Waals surface area contributed by atoms with Crippen molar-refractivity contribution in [3.05, 3.63) is 24.3 Å². The van der Waals surface area contributed by atoms with E-state index in [1.807, 2.05) is 28.8 Å². The molecule has 19 heavy (non-hydrogen) atoms. The number of carbonyl (C=O) groups is 1. The van der Waals surface area contributed by atoms with Crippen LogP contribution in [0.5, 0.6) is 0 Å². The summed E-state index contributed by atoms with van der Waals surface area (Å²) in [5.74, 6) is 1.49. The predicted molar refractivity (Wildman–Crippen MR) is 82.0 cm³/mol. The molecule has 2 unspecified atom stereocenters. The van der Waals surface area contributed by atoms with E-state index in [0.29, 0.717) is 17.7 Å².